The van der Waals surface area contributed by atoms with Gasteiger partial charge in [0.1, 0.15) is 13.2 Å². The van der Waals surface area contributed by atoms with Gasteiger partial charge < -0.3 is 14.4 Å². The van der Waals surface area contributed by atoms with Gasteiger partial charge in [0.2, 0.25) is 0 Å². The largest absolute Gasteiger partial charge is 0.486 e. The minimum atomic E-state index is -0.182. The molecule has 0 atom stereocenters. The summed E-state index contributed by atoms with van der Waals surface area (Å²) in [6.45, 7) is 0.951. The van der Waals surface area contributed by atoms with Crippen LogP contribution >= 0.6 is 11.6 Å². The maximum absolute atomic E-state index is 12.3. The van der Waals surface area contributed by atoms with E-state index in [0.717, 1.165) is 11.3 Å². The quantitative estimate of drug-likeness (QED) is 0.614. The molecule has 0 fully saturated rings. The van der Waals surface area contributed by atoms with E-state index in [1.807, 2.05) is 24.3 Å². The van der Waals surface area contributed by atoms with Crippen molar-refractivity contribution in [2.75, 3.05) is 25.2 Å². The number of amides is 1. The molecule has 0 aromatic heterocycles. The number of likely N-dealkylation sites (N-methyl/N-ethyl adjacent to an activating group) is 1. The fourth-order valence-electron chi connectivity index (χ4n) is 2.81. The monoisotopic (exact) mass is 355 g/mol. The fraction of sp³-hybridized carbons (Fsp3) is 0.167. The van der Waals surface area contributed by atoms with Gasteiger partial charge in [-0.05, 0) is 18.2 Å². The smallest absolute Gasteiger partial charge is 0.279 e. The van der Waals surface area contributed by atoms with Gasteiger partial charge in [0.25, 0.3) is 5.91 Å². The Hall–Kier alpha value is -2.86. The summed E-state index contributed by atoms with van der Waals surface area (Å²) in [4.78, 5) is 13.9. The molecule has 2 aromatic carbocycles. The number of hydrogen-bond donors (Lipinski definition) is 0. The van der Waals surface area contributed by atoms with Crippen molar-refractivity contribution in [3.05, 3.63) is 52.5 Å². The van der Waals surface area contributed by atoms with Crippen LogP contribution in [0.4, 0.5) is 5.69 Å². The third-order valence-corrected chi connectivity index (χ3v) is 4.29. The first-order valence-corrected chi connectivity index (χ1v) is 8.10. The average Bonchev–Trinajstić information content (AvgIpc) is 2.87. The predicted octanol–water partition coefficient (Wildman–Crippen LogP) is 2.91. The van der Waals surface area contributed by atoms with Gasteiger partial charge in [-0.15, -0.1) is 5.10 Å². The number of ether oxygens (including phenoxy) is 2. The first kappa shape index (κ1) is 15.7. The van der Waals surface area contributed by atoms with Gasteiger partial charge in [0, 0.05) is 18.2 Å². The van der Waals surface area contributed by atoms with Gasteiger partial charge in [-0.2, -0.15) is 5.10 Å². The predicted molar refractivity (Wildman–Crippen MR) is 96.4 cm³/mol. The zero-order chi connectivity index (χ0) is 17.4. The van der Waals surface area contributed by atoms with Gasteiger partial charge in [-0.3, -0.25) is 4.79 Å². The summed E-state index contributed by atoms with van der Waals surface area (Å²) in [6, 6.07) is 11.0. The highest BCUT2D eigenvalue weighted by molar-refractivity contribution is 6.54. The van der Waals surface area contributed by atoms with Gasteiger partial charge in [-0.1, -0.05) is 29.8 Å². The van der Waals surface area contributed by atoms with Crippen LogP contribution in [0.25, 0.3) is 0 Å². The SMILES string of the molecule is CN1C(=O)/C(=N/N=C\c2cc(Cl)c3c(c2)OCCO3)c2ccccc21. The molecule has 2 heterocycles. The molecular formula is C18H14ClN3O3. The van der Waals surface area contributed by atoms with Gasteiger partial charge in [0.05, 0.1) is 16.9 Å². The normalized spacial score (nSPS) is 17.4. The second-order valence-electron chi connectivity index (χ2n) is 5.60. The van der Waals surface area contributed by atoms with E-state index >= 15 is 0 Å². The molecule has 1 amide bonds. The van der Waals surface area contributed by atoms with Crippen molar-refractivity contribution in [1.29, 1.82) is 0 Å². The Bertz CT molecular complexity index is 924. The van der Waals surface area contributed by atoms with E-state index in [1.165, 1.54) is 6.21 Å². The topological polar surface area (TPSA) is 63.5 Å². The Labute approximate surface area is 149 Å². The summed E-state index contributed by atoms with van der Waals surface area (Å²) in [5.41, 5.74) is 2.62. The number of anilines is 1. The van der Waals surface area contributed by atoms with Crippen molar-refractivity contribution in [3.8, 4) is 11.5 Å². The standard InChI is InChI=1S/C18H14ClN3O3/c1-22-14-5-3-2-4-12(14)16(18(22)23)21-20-10-11-8-13(19)17-15(9-11)24-6-7-25-17/h2-5,8-10H,6-7H2,1H3/b20-10-,21-16+. The van der Waals surface area contributed by atoms with Gasteiger partial charge in [-0.25, -0.2) is 0 Å². The zero-order valence-electron chi connectivity index (χ0n) is 13.4. The van der Waals surface area contributed by atoms with E-state index in [4.69, 9.17) is 21.1 Å². The molecule has 25 heavy (non-hydrogen) atoms. The number of nitrogens with zero attached hydrogens (tertiary/aromatic N) is 3. The Morgan fingerprint density at radius 1 is 1.20 bits per heavy atom. The molecule has 0 radical (unpaired) electrons. The Morgan fingerprint density at radius 2 is 2.00 bits per heavy atom. The first-order valence-electron chi connectivity index (χ1n) is 7.73. The lowest BCUT2D eigenvalue weighted by Crippen LogP contribution is -2.25. The number of carbonyl (C=O) groups excluding carboxylic acids is 1. The number of para-hydroxylation sites is 1. The summed E-state index contributed by atoms with van der Waals surface area (Å²) >= 11 is 6.20. The van der Waals surface area contributed by atoms with Crippen LogP contribution in [0.5, 0.6) is 11.5 Å². The summed E-state index contributed by atoms with van der Waals surface area (Å²) in [6.07, 6.45) is 1.53. The highest BCUT2D eigenvalue weighted by Crippen LogP contribution is 2.38. The maximum atomic E-state index is 12.3. The van der Waals surface area contributed by atoms with Crippen LogP contribution in [-0.4, -0.2) is 38.1 Å². The molecular weight excluding hydrogens is 342 g/mol. The lowest BCUT2D eigenvalue weighted by atomic mass is 10.1. The van der Waals surface area contributed by atoms with E-state index < -0.39 is 0 Å². The van der Waals surface area contributed by atoms with Crippen molar-refractivity contribution < 1.29 is 14.3 Å². The van der Waals surface area contributed by atoms with Crippen LogP contribution < -0.4 is 14.4 Å². The van der Waals surface area contributed by atoms with E-state index in [0.29, 0.717) is 41.0 Å². The lowest BCUT2D eigenvalue weighted by Gasteiger charge is -2.19. The highest BCUT2D eigenvalue weighted by atomic mass is 35.5. The van der Waals surface area contributed by atoms with Gasteiger partial charge >= 0.3 is 0 Å². The summed E-state index contributed by atoms with van der Waals surface area (Å²) in [5, 5.41) is 8.62. The summed E-state index contributed by atoms with van der Waals surface area (Å²) in [7, 11) is 1.72. The molecule has 0 saturated carbocycles. The molecule has 2 aromatic rings. The van der Waals surface area contributed by atoms with Crippen LogP contribution in [0.1, 0.15) is 11.1 Å². The number of benzene rings is 2. The zero-order valence-corrected chi connectivity index (χ0v) is 14.2. The van der Waals surface area contributed by atoms with E-state index in [2.05, 4.69) is 10.2 Å². The Morgan fingerprint density at radius 3 is 2.88 bits per heavy atom. The van der Waals surface area contributed by atoms with Crippen molar-refractivity contribution in [2.45, 2.75) is 0 Å². The van der Waals surface area contributed by atoms with E-state index in [1.54, 1.807) is 24.1 Å². The molecule has 2 aliphatic rings. The average molecular weight is 356 g/mol. The Kier molecular flexibility index (Phi) is 3.89. The summed E-state index contributed by atoms with van der Waals surface area (Å²) < 4.78 is 11.0. The van der Waals surface area contributed by atoms with E-state index in [-0.39, 0.29) is 5.91 Å². The second-order valence-corrected chi connectivity index (χ2v) is 6.01. The minimum absolute atomic E-state index is 0.182. The number of rotatable bonds is 2. The molecule has 6 nitrogen and oxygen atoms in total. The number of hydrogen-bond acceptors (Lipinski definition) is 5. The first-order chi connectivity index (χ1) is 12.1. The van der Waals surface area contributed by atoms with Crippen LogP contribution in [0, 0.1) is 0 Å². The maximum Gasteiger partial charge on any atom is 0.279 e. The van der Waals surface area contributed by atoms with Crippen molar-refractivity contribution >= 4 is 35.1 Å². The molecule has 0 unspecified atom stereocenters. The number of carbonyl (C=O) groups is 1. The van der Waals surface area contributed by atoms with E-state index in [9.17, 15) is 4.79 Å². The molecule has 0 spiro atoms. The van der Waals surface area contributed by atoms with Crippen LogP contribution in [0.3, 0.4) is 0 Å². The highest BCUT2D eigenvalue weighted by Gasteiger charge is 2.31. The second kappa shape index (κ2) is 6.22. The van der Waals surface area contributed by atoms with Crippen molar-refractivity contribution in [3.63, 3.8) is 0 Å². The van der Waals surface area contributed by atoms with Crippen molar-refractivity contribution in [1.82, 2.24) is 0 Å². The molecule has 7 heteroatoms. The lowest BCUT2D eigenvalue weighted by molar-refractivity contribution is -0.111. The number of fused-ring (bicyclic) bond motifs is 2. The fourth-order valence-corrected chi connectivity index (χ4v) is 3.08. The third-order valence-electron chi connectivity index (χ3n) is 4.01. The molecule has 0 N–H and O–H groups in total. The molecule has 0 saturated heterocycles. The molecule has 4 rings (SSSR count). The number of halogens is 1. The van der Waals surface area contributed by atoms with Crippen molar-refractivity contribution in [2.24, 2.45) is 10.2 Å². The van der Waals surface area contributed by atoms with Crippen LogP contribution in [-0.2, 0) is 4.79 Å². The molecule has 2 aliphatic heterocycles. The van der Waals surface area contributed by atoms with Gasteiger partial charge in [0.15, 0.2) is 17.2 Å². The molecule has 126 valence electrons. The Balaban J connectivity index is 1.64. The minimum Gasteiger partial charge on any atom is -0.486 e. The van der Waals surface area contributed by atoms with Crippen LogP contribution in [0.2, 0.25) is 5.02 Å². The molecule has 0 bridgehead atoms. The third kappa shape index (κ3) is 2.74. The summed E-state index contributed by atoms with van der Waals surface area (Å²) in [5.74, 6) is 0.936. The molecule has 0 aliphatic carbocycles. The van der Waals surface area contributed by atoms with Crippen LogP contribution in [0.15, 0.2) is 46.6 Å².